The van der Waals surface area contributed by atoms with Crippen LogP contribution < -0.4 is 10.6 Å². The highest BCUT2D eigenvalue weighted by Gasteiger charge is 2.32. The summed E-state index contributed by atoms with van der Waals surface area (Å²) >= 11 is 0. The van der Waals surface area contributed by atoms with Crippen molar-refractivity contribution in [3.63, 3.8) is 0 Å². The average Bonchev–Trinajstić information content (AvgIpc) is 2.50. The number of carboxylic acid groups (broad SMARTS) is 3. The van der Waals surface area contributed by atoms with Gasteiger partial charge >= 0.3 is 5.97 Å². The number of rotatable bonds is 0. The largest absolute Gasteiger partial charge is 0.481 e. The number of hydrogen-bond acceptors (Lipinski definition) is 6. The summed E-state index contributed by atoms with van der Waals surface area (Å²) in [5, 5.41) is 36.8. The SMILES string of the molecule is CC(=O)O.CC(=O)O.CC1(C)CCCC(C)(C)N1.CC1(C)CCCC(C)(C)N1.N#CC(=O)O. The molecule has 0 atom stereocenters. The van der Waals surface area contributed by atoms with Crippen molar-refractivity contribution in [2.45, 2.75) is 130 Å². The summed E-state index contributed by atoms with van der Waals surface area (Å²) in [6, 6.07) is 0.944. The van der Waals surface area contributed by atoms with Gasteiger partial charge in [-0.3, -0.25) is 9.59 Å². The normalized spacial score (nSPS) is 20.5. The first-order chi connectivity index (χ1) is 14.6. The van der Waals surface area contributed by atoms with Crippen molar-refractivity contribution in [2.24, 2.45) is 0 Å². The molecule has 9 heteroatoms. The zero-order valence-corrected chi connectivity index (χ0v) is 22.3. The number of piperidine rings is 2. The molecule has 33 heavy (non-hydrogen) atoms. The van der Waals surface area contributed by atoms with Crippen molar-refractivity contribution in [1.82, 2.24) is 10.6 Å². The lowest BCUT2D eigenvalue weighted by atomic mass is 9.83. The zero-order chi connectivity index (χ0) is 27.1. The molecule has 194 valence electrons. The summed E-state index contributed by atoms with van der Waals surface area (Å²) in [5.74, 6) is -3.11. The molecule has 2 rings (SSSR count). The van der Waals surface area contributed by atoms with Gasteiger partial charge in [0.2, 0.25) is 0 Å². The molecular formula is C24H47N3O6. The highest BCUT2D eigenvalue weighted by Crippen LogP contribution is 2.28. The fourth-order valence-corrected chi connectivity index (χ4v) is 4.03. The molecule has 0 unspecified atom stereocenters. The van der Waals surface area contributed by atoms with Gasteiger partial charge in [0.25, 0.3) is 11.9 Å². The molecule has 0 saturated carbocycles. The highest BCUT2D eigenvalue weighted by atomic mass is 16.4. The molecule has 2 heterocycles. The maximum atomic E-state index is 9.01. The second kappa shape index (κ2) is 15.6. The Balaban J connectivity index is -0.000000366. The van der Waals surface area contributed by atoms with Crippen molar-refractivity contribution in [1.29, 1.82) is 5.26 Å². The molecule has 0 bridgehead atoms. The molecule has 0 aromatic rings. The summed E-state index contributed by atoms with van der Waals surface area (Å²) in [5.41, 5.74) is 1.45. The Labute approximate surface area is 200 Å². The van der Waals surface area contributed by atoms with Crippen molar-refractivity contribution in [3.05, 3.63) is 0 Å². The lowest BCUT2D eigenvalue weighted by Crippen LogP contribution is -2.55. The maximum Gasteiger partial charge on any atom is 0.408 e. The van der Waals surface area contributed by atoms with E-state index in [1.807, 2.05) is 0 Å². The van der Waals surface area contributed by atoms with Crippen molar-refractivity contribution in [3.8, 4) is 6.07 Å². The summed E-state index contributed by atoms with van der Waals surface area (Å²) in [4.78, 5) is 27.0. The third kappa shape index (κ3) is 29.8. The lowest BCUT2D eigenvalue weighted by molar-refractivity contribution is -0.135. The molecular weight excluding hydrogens is 426 g/mol. The van der Waals surface area contributed by atoms with Crippen LogP contribution in [0.5, 0.6) is 0 Å². The van der Waals surface area contributed by atoms with Gasteiger partial charge in [-0.25, -0.2) is 4.79 Å². The molecule has 5 N–H and O–H groups in total. The van der Waals surface area contributed by atoms with E-state index in [-0.39, 0.29) is 0 Å². The Morgan fingerprint density at radius 2 is 0.788 bits per heavy atom. The Hall–Kier alpha value is -2.18. The van der Waals surface area contributed by atoms with Crippen LogP contribution in [0.3, 0.4) is 0 Å². The summed E-state index contributed by atoms with van der Waals surface area (Å²) in [6.45, 7) is 20.5. The number of aliphatic carboxylic acids is 3. The first kappa shape index (κ1) is 35.4. The molecule has 0 radical (unpaired) electrons. The minimum atomic E-state index is -1.44. The van der Waals surface area contributed by atoms with Crippen LogP contribution in [0, 0.1) is 11.3 Å². The standard InChI is InChI=1S/2C9H19N.C2HNO2.2C2H4O2/c2*1-8(2)6-5-7-9(3,4)10-8;3-1-2(4)5;2*1-2(3)4/h2*10H,5-7H2,1-4H3;(H,4,5);2*1H3,(H,3,4). The smallest absolute Gasteiger partial charge is 0.408 e. The second-order valence-electron chi connectivity index (χ2n) is 10.9. The van der Waals surface area contributed by atoms with Gasteiger partial charge < -0.3 is 26.0 Å². The Morgan fingerprint density at radius 3 is 0.848 bits per heavy atom. The number of nitrogens with one attached hydrogen (secondary N) is 2. The van der Waals surface area contributed by atoms with E-state index in [4.69, 9.17) is 35.0 Å². The molecule has 0 aromatic carbocycles. The van der Waals surface area contributed by atoms with Gasteiger partial charge in [0.15, 0.2) is 6.07 Å². The minimum absolute atomic E-state index is 0.363. The molecule has 2 fully saturated rings. The van der Waals surface area contributed by atoms with E-state index in [9.17, 15) is 0 Å². The predicted molar refractivity (Wildman–Crippen MR) is 130 cm³/mol. The van der Waals surface area contributed by atoms with Crippen LogP contribution in [0.25, 0.3) is 0 Å². The number of carboxylic acids is 3. The van der Waals surface area contributed by atoms with Crippen molar-refractivity contribution in [2.75, 3.05) is 0 Å². The Kier molecular flexibility index (Phi) is 16.8. The van der Waals surface area contributed by atoms with Gasteiger partial charge in [-0.15, -0.1) is 0 Å². The Morgan fingerprint density at radius 1 is 0.636 bits per heavy atom. The predicted octanol–water partition coefficient (Wildman–Crippen LogP) is 4.41. The molecule has 9 nitrogen and oxygen atoms in total. The zero-order valence-electron chi connectivity index (χ0n) is 22.3. The van der Waals surface area contributed by atoms with Gasteiger partial charge in [0, 0.05) is 36.0 Å². The summed E-state index contributed by atoms with van der Waals surface area (Å²) < 4.78 is 0. The van der Waals surface area contributed by atoms with E-state index in [1.165, 1.54) is 38.5 Å². The quantitative estimate of drug-likeness (QED) is 0.253. The van der Waals surface area contributed by atoms with E-state index in [0.29, 0.717) is 22.2 Å². The second-order valence-corrected chi connectivity index (χ2v) is 10.9. The molecule has 0 amide bonds. The lowest BCUT2D eigenvalue weighted by Gasteiger charge is -2.42. The topological polar surface area (TPSA) is 160 Å². The van der Waals surface area contributed by atoms with Crippen LogP contribution in [0.15, 0.2) is 0 Å². The van der Waals surface area contributed by atoms with Crippen LogP contribution in [-0.2, 0) is 14.4 Å². The van der Waals surface area contributed by atoms with E-state index >= 15 is 0 Å². The van der Waals surface area contributed by atoms with E-state index in [0.717, 1.165) is 19.9 Å². The average molecular weight is 474 g/mol. The molecule has 2 aliphatic rings. The van der Waals surface area contributed by atoms with Crippen LogP contribution in [-0.4, -0.2) is 55.4 Å². The van der Waals surface area contributed by atoms with Crippen molar-refractivity contribution < 1.29 is 29.7 Å². The van der Waals surface area contributed by atoms with E-state index in [1.54, 1.807) is 0 Å². The van der Waals surface area contributed by atoms with Gasteiger partial charge in [-0.05, 0) is 93.9 Å². The van der Waals surface area contributed by atoms with Crippen LogP contribution in [0.4, 0.5) is 0 Å². The third-order valence-electron chi connectivity index (χ3n) is 4.66. The number of nitrogens with zero attached hydrogens (tertiary/aromatic N) is 1. The van der Waals surface area contributed by atoms with E-state index < -0.39 is 17.9 Å². The maximum absolute atomic E-state index is 9.01. The molecule has 2 aliphatic heterocycles. The number of hydrogen-bond donors (Lipinski definition) is 5. The first-order valence-corrected chi connectivity index (χ1v) is 11.2. The molecule has 0 aliphatic carbocycles. The Bertz CT molecular complexity index is 569. The van der Waals surface area contributed by atoms with E-state index in [2.05, 4.69) is 66.0 Å². The van der Waals surface area contributed by atoms with Crippen LogP contribution >= 0.6 is 0 Å². The fourth-order valence-electron chi connectivity index (χ4n) is 4.03. The number of carbonyl (C=O) groups is 3. The minimum Gasteiger partial charge on any atom is -0.481 e. The monoisotopic (exact) mass is 473 g/mol. The van der Waals surface area contributed by atoms with Gasteiger partial charge in [-0.2, -0.15) is 5.26 Å². The first-order valence-electron chi connectivity index (χ1n) is 11.2. The van der Waals surface area contributed by atoms with Gasteiger partial charge in [0.05, 0.1) is 0 Å². The third-order valence-corrected chi connectivity index (χ3v) is 4.66. The highest BCUT2D eigenvalue weighted by molar-refractivity contribution is 5.83. The molecule has 0 aromatic heterocycles. The van der Waals surface area contributed by atoms with Gasteiger partial charge in [-0.1, -0.05) is 0 Å². The molecule has 0 spiro atoms. The summed E-state index contributed by atoms with van der Waals surface area (Å²) in [7, 11) is 0. The molecule has 2 saturated heterocycles. The van der Waals surface area contributed by atoms with Crippen LogP contribution in [0.2, 0.25) is 0 Å². The van der Waals surface area contributed by atoms with Gasteiger partial charge in [0.1, 0.15) is 0 Å². The van der Waals surface area contributed by atoms with Crippen LogP contribution in [0.1, 0.15) is 108 Å². The number of nitriles is 1. The fraction of sp³-hybridized carbons (Fsp3) is 0.833. The summed E-state index contributed by atoms with van der Waals surface area (Å²) in [6.07, 6.45) is 8.00. The van der Waals surface area contributed by atoms with Crippen molar-refractivity contribution >= 4 is 17.9 Å².